The minimum absolute atomic E-state index is 0.225. The number of halogens is 6. The van der Waals surface area contributed by atoms with Gasteiger partial charge in [-0.15, -0.1) is 11.3 Å². The second-order valence-corrected chi connectivity index (χ2v) is 9.86. The van der Waals surface area contributed by atoms with E-state index in [2.05, 4.69) is 15.3 Å². The molecule has 14 heteroatoms. The molecule has 0 aliphatic heterocycles. The number of aromatic nitrogens is 2. The first-order valence-electron chi connectivity index (χ1n) is 9.46. The summed E-state index contributed by atoms with van der Waals surface area (Å²) in [6, 6.07) is 7.90. The number of hydrogen-bond donors (Lipinski definition) is 1. The van der Waals surface area contributed by atoms with Gasteiger partial charge < -0.3 is 5.32 Å². The zero-order valence-corrected chi connectivity index (χ0v) is 18.6. The maximum atomic E-state index is 13.2. The number of alkyl halides is 6. The zero-order chi connectivity index (χ0) is 25.1. The van der Waals surface area contributed by atoms with E-state index in [1.807, 2.05) is 0 Å². The second kappa shape index (κ2) is 9.70. The van der Waals surface area contributed by atoms with Crippen LogP contribution in [0.1, 0.15) is 24.1 Å². The molecule has 0 saturated carbocycles. The van der Waals surface area contributed by atoms with Crippen LogP contribution >= 0.6 is 11.3 Å². The third kappa shape index (κ3) is 6.32. The molecule has 2 heterocycles. The van der Waals surface area contributed by atoms with Gasteiger partial charge in [0.25, 0.3) is 0 Å². The van der Waals surface area contributed by atoms with Crippen molar-refractivity contribution in [3.05, 3.63) is 59.1 Å². The minimum atomic E-state index is -4.93. The first-order chi connectivity index (χ1) is 15.8. The Kier molecular flexibility index (Phi) is 7.31. The highest BCUT2D eigenvalue weighted by Crippen LogP contribution is 2.35. The molecule has 3 aromatic rings. The fourth-order valence-electron chi connectivity index (χ4n) is 2.83. The molecule has 182 valence electrons. The Morgan fingerprint density at radius 1 is 0.971 bits per heavy atom. The summed E-state index contributed by atoms with van der Waals surface area (Å²) in [6.07, 6.45) is -10.5. The average Bonchev–Trinajstić information content (AvgIpc) is 3.27. The molecule has 1 amide bonds. The lowest BCUT2D eigenvalue weighted by Crippen LogP contribution is -2.19. The fraction of sp³-hybridized carbons (Fsp3) is 0.250. The Morgan fingerprint density at radius 3 is 2.29 bits per heavy atom. The van der Waals surface area contributed by atoms with Gasteiger partial charge in [0.05, 0.1) is 27.6 Å². The number of carbonyl (C=O) groups is 1. The molecular weight excluding hydrogens is 508 g/mol. The molecule has 0 unspecified atom stereocenters. The van der Waals surface area contributed by atoms with Crippen molar-refractivity contribution in [2.24, 2.45) is 0 Å². The molecule has 0 radical (unpaired) electrons. The van der Waals surface area contributed by atoms with Crippen LogP contribution in [0.2, 0.25) is 0 Å². The quantitative estimate of drug-likeness (QED) is 0.329. The predicted molar refractivity (Wildman–Crippen MR) is 112 cm³/mol. The van der Waals surface area contributed by atoms with Gasteiger partial charge in [-0.1, -0.05) is 18.2 Å². The number of sulfone groups is 1. The fourth-order valence-corrected chi connectivity index (χ4v) is 4.69. The van der Waals surface area contributed by atoms with Crippen molar-refractivity contribution < 1.29 is 39.6 Å². The van der Waals surface area contributed by atoms with Crippen molar-refractivity contribution in [3.63, 3.8) is 0 Å². The van der Waals surface area contributed by atoms with E-state index in [1.54, 1.807) is 11.4 Å². The van der Waals surface area contributed by atoms with E-state index >= 15 is 0 Å². The summed E-state index contributed by atoms with van der Waals surface area (Å²) < 4.78 is 104. The molecule has 1 aromatic carbocycles. The number of rotatable bonds is 7. The van der Waals surface area contributed by atoms with Crippen LogP contribution in [-0.4, -0.2) is 30.0 Å². The van der Waals surface area contributed by atoms with Crippen LogP contribution in [0.15, 0.2) is 53.0 Å². The lowest BCUT2D eigenvalue weighted by atomic mass is 10.1. The molecule has 0 fully saturated rings. The monoisotopic (exact) mass is 523 g/mol. The van der Waals surface area contributed by atoms with Crippen LogP contribution in [0.3, 0.4) is 0 Å². The van der Waals surface area contributed by atoms with Crippen LogP contribution in [0.25, 0.3) is 10.6 Å². The van der Waals surface area contributed by atoms with Gasteiger partial charge in [-0.2, -0.15) is 26.3 Å². The van der Waals surface area contributed by atoms with E-state index in [4.69, 9.17) is 0 Å². The molecule has 1 N–H and O–H groups in total. The first-order valence-corrected chi connectivity index (χ1v) is 12.0. The Morgan fingerprint density at radius 2 is 1.68 bits per heavy atom. The summed E-state index contributed by atoms with van der Waals surface area (Å²) in [7, 11) is -4.43. The maximum Gasteiger partial charge on any atom is 0.433 e. The standard InChI is InChI=1S/C20H15F6N3O3S2/c21-19(22,23)12-5-1-2-6-13(12)27-17(30)8-4-10-34(31,32)18-28-14(15-7-3-9-33-15)11-16(29-18)20(24,25)26/h1-3,5-7,9,11H,4,8,10H2,(H,27,30). The topological polar surface area (TPSA) is 89.0 Å². The van der Waals surface area contributed by atoms with Crippen LogP contribution in [0, 0.1) is 0 Å². The third-order valence-corrected chi connectivity index (χ3v) is 6.83. The molecule has 3 rings (SSSR count). The van der Waals surface area contributed by atoms with Gasteiger partial charge in [-0.05, 0) is 36.1 Å². The molecule has 0 saturated heterocycles. The minimum Gasteiger partial charge on any atom is -0.326 e. The molecule has 34 heavy (non-hydrogen) atoms. The molecular formula is C20H15F6N3O3S2. The zero-order valence-electron chi connectivity index (χ0n) is 16.9. The van der Waals surface area contributed by atoms with Crippen molar-refractivity contribution in [3.8, 4) is 10.6 Å². The van der Waals surface area contributed by atoms with Gasteiger partial charge in [-0.3, -0.25) is 4.79 Å². The number of hydrogen-bond acceptors (Lipinski definition) is 6. The first kappa shape index (κ1) is 25.6. The number of carbonyl (C=O) groups excluding carboxylic acids is 1. The lowest BCUT2D eigenvalue weighted by molar-refractivity contribution is -0.141. The molecule has 0 spiro atoms. The maximum absolute atomic E-state index is 13.2. The number of anilines is 1. The molecule has 0 aliphatic carbocycles. The Balaban J connectivity index is 1.74. The normalized spacial score (nSPS) is 12.5. The number of nitrogens with one attached hydrogen (secondary N) is 1. The molecule has 0 aliphatic rings. The Labute approximate surface area is 193 Å². The van der Waals surface area contributed by atoms with Gasteiger partial charge in [0.15, 0.2) is 0 Å². The third-order valence-electron chi connectivity index (χ3n) is 4.37. The van der Waals surface area contributed by atoms with E-state index in [-0.39, 0.29) is 12.1 Å². The second-order valence-electron chi connectivity index (χ2n) is 6.91. The summed E-state index contributed by atoms with van der Waals surface area (Å²) in [4.78, 5) is 19.3. The van der Waals surface area contributed by atoms with Crippen molar-refractivity contribution in [1.29, 1.82) is 0 Å². The van der Waals surface area contributed by atoms with Crippen molar-refractivity contribution in [1.82, 2.24) is 9.97 Å². The van der Waals surface area contributed by atoms with Crippen LogP contribution < -0.4 is 5.32 Å². The SMILES string of the molecule is O=C(CCCS(=O)(=O)c1nc(-c2cccs2)cc(C(F)(F)F)n1)Nc1ccccc1C(F)(F)F. The summed E-state index contributed by atoms with van der Waals surface area (Å²) >= 11 is 1.05. The lowest BCUT2D eigenvalue weighted by Gasteiger charge is -2.13. The van der Waals surface area contributed by atoms with E-state index < -0.39 is 62.4 Å². The highest BCUT2D eigenvalue weighted by molar-refractivity contribution is 7.91. The van der Waals surface area contributed by atoms with Crippen LogP contribution in [0.4, 0.5) is 32.0 Å². The van der Waals surface area contributed by atoms with Crippen molar-refractivity contribution in [2.45, 2.75) is 30.4 Å². The summed E-state index contributed by atoms with van der Waals surface area (Å²) in [5, 5.41) is 2.60. The summed E-state index contributed by atoms with van der Waals surface area (Å²) in [6.45, 7) is 0. The van der Waals surface area contributed by atoms with Gasteiger partial charge >= 0.3 is 12.4 Å². The molecule has 6 nitrogen and oxygen atoms in total. The van der Waals surface area contributed by atoms with Gasteiger partial charge in [0, 0.05) is 6.42 Å². The number of benzene rings is 1. The Hall–Kier alpha value is -3.00. The van der Waals surface area contributed by atoms with Crippen LogP contribution in [0.5, 0.6) is 0 Å². The number of nitrogens with zero attached hydrogens (tertiary/aromatic N) is 2. The molecule has 0 atom stereocenters. The van der Waals surface area contributed by atoms with Gasteiger partial charge in [0.1, 0.15) is 5.69 Å². The number of amides is 1. The van der Waals surface area contributed by atoms with E-state index in [9.17, 15) is 39.6 Å². The van der Waals surface area contributed by atoms with E-state index in [0.717, 1.165) is 29.5 Å². The highest BCUT2D eigenvalue weighted by atomic mass is 32.2. The van der Waals surface area contributed by atoms with E-state index in [1.165, 1.54) is 12.1 Å². The summed E-state index contributed by atoms with van der Waals surface area (Å²) in [5.41, 5.74) is -3.23. The Bertz CT molecular complexity index is 1270. The van der Waals surface area contributed by atoms with Gasteiger partial charge in [0.2, 0.25) is 20.9 Å². The smallest absolute Gasteiger partial charge is 0.326 e. The number of para-hydroxylation sites is 1. The molecule has 0 bridgehead atoms. The van der Waals surface area contributed by atoms with Crippen molar-refractivity contribution >= 4 is 32.8 Å². The van der Waals surface area contributed by atoms with Gasteiger partial charge in [-0.25, -0.2) is 18.4 Å². The average molecular weight is 523 g/mol. The van der Waals surface area contributed by atoms with Crippen molar-refractivity contribution in [2.75, 3.05) is 11.1 Å². The summed E-state index contributed by atoms with van der Waals surface area (Å²) in [5.74, 6) is -1.68. The highest BCUT2D eigenvalue weighted by Gasteiger charge is 2.36. The predicted octanol–water partition coefficient (Wildman–Crippen LogP) is 5.44. The van der Waals surface area contributed by atoms with E-state index in [0.29, 0.717) is 10.9 Å². The largest absolute Gasteiger partial charge is 0.433 e. The van der Waals surface area contributed by atoms with Crippen LogP contribution in [-0.2, 0) is 27.0 Å². The molecule has 2 aromatic heterocycles. The number of thiophene rings is 1.